The van der Waals surface area contributed by atoms with Crippen LogP contribution in [0.25, 0.3) is 92.7 Å². The quantitative estimate of drug-likeness (QED) is 0.120. The number of nitrogens with zero attached hydrogens (tertiary/aromatic N) is 3. The minimum atomic E-state index is -0.00561. The average Bonchev–Trinajstić information content (AvgIpc) is 3.92. The van der Waals surface area contributed by atoms with Gasteiger partial charge in [0, 0.05) is 60.5 Å². The standard InChI is InChI=1S/C56H38BN3/c1-56(2,3)33-29-31-23-25-41-48-43(26-24-32(30-33)47(31)48)53-50-49(41)42-19-11-17-37-36-16-8-10-22-46(36)60(51(37)42)57(50)44-20-12-18-38-40-28-27-39-35-15-7-9-21-45(35)58(34-13-5-4-6-14-34)54(39)55(40)59(53)52(38)44/h4-30,35,45H,1-3H3. The first-order valence-corrected chi connectivity index (χ1v) is 21.6. The summed E-state index contributed by atoms with van der Waals surface area (Å²) in [5.41, 5.74) is 17.5. The van der Waals surface area contributed by atoms with Gasteiger partial charge in [-0.05, 0) is 72.8 Å². The van der Waals surface area contributed by atoms with Crippen molar-refractivity contribution in [2.75, 3.05) is 4.90 Å². The second kappa shape index (κ2) is 10.6. The Morgan fingerprint density at radius 2 is 1.25 bits per heavy atom. The minimum Gasteiger partial charge on any atom is -0.375 e. The van der Waals surface area contributed by atoms with Crippen molar-refractivity contribution >= 4 is 105 Å². The first-order valence-electron chi connectivity index (χ1n) is 21.6. The monoisotopic (exact) mass is 763 g/mol. The highest BCUT2D eigenvalue weighted by Gasteiger charge is 2.45. The summed E-state index contributed by atoms with van der Waals surface area (Å²) in [7, 11) is 0. The third kappa shape index (κ3) is 3.60. The van der Waals surface area contributed by atoms with Crippen LogP contribution < -0.4 is 15.8 Å². The predicted molar refractivity (Wildman–Crippen MR) is 255 cm³/mol. The van der Waals surface area contributed by atoms with Gasteiger partial charge in [0.2, 0.25) is 0 Å². The van der Waals surface area contributed by atoms with Gasteiger partial charge in [-0.2, -0.15) is 0 Å². The summed E-state index contributed by atoms with van der Waals surface area (Å²) >= 11 is 0. The van der Waals surface area contributed by atoms with Crippen LogP contribution in [-0.2, 0) is 5.41 Å². The smallest absolute Gasteiger partial charge is 0.333 e. The number of aromatic nitrogens is 2. The van der Waals surface area contributed by atoms with Gasteiger partial charge in [0.15, 0.2) is 0 Å². The lowest BCUT2D eigenvalue weighted by Crippen LogP contribution is -2.55. The fraction of sp³-hybridized carbons (Fsp3) is 0.107. The molecule has 60 heavy (non-hydrogen) atoms. The Morgan fingerprint density at radius 1 is 0.550 bits per heavy atom. The van der Waals surface area contributed by atoms with E-state index in [1.165, 1.54) is 126 Å². The molecule has 9 aromatic carbocycles. The van der Waals surface area contributed by atoms with Crippen LogP contribution in [0.4, 0.5) is 11.4 Å². The van der Waals surface area contributed by atoms with Gasteiger partial charge in [-0.25, -0.2) is 0 Å². The molecule has 4 heteroatoms. The summed E-state index contributed by atoms with van der Waals surface area (Å²) in [5.74, 6) is 0.259. The van der Waals surface area contributed by atoms with Crippen LogP contribution in [0.2, 0.25) is 0 Å². The molecular weight excluding hydrogens is 725 g/mol. The van der Waals surface area contributed by atoms with E-state index in [1.807, 2.05) is 0 Å². The Morgan fingerprint density at radius 3 is 2.08 bits per heavy atom. The van der Waals surface area contributed by atoms with E-state index in [9.17, 15) is 0 Å². The van der Waals surface area contributed by atoms with Crippen LogP contribution in [0.5, 0.6) is 0 Å². The van der Waals surface area contributed by atoms with Crippen LogP contribution >= 0.6 is 0 Å². The molecule has 4 aliphatic rings. The number of benzene rings is 9. The molecule has 11 aromatic rings. The van der Waals surface area contributed by atoms with Crippen molar-refractivity contribution in [1.29, 1.82) is 0 Å². The predicted octanol–water partition coefficient (Wildman–Crippen LogP) is 12.8. The lowest BCUT2D eigenvalue weighted by molar-refractivity contribution is 0.591. The average molecular weight is 764 g/mol. The fourth-order valence-corrected chi connectivity index (χ4v) is 12.5. The Kier molecular flexibility index (Phi) is 5.62. The normalized spacial score (nSPS) is 17.4. The molecule has 0 radical (unpaired) electrons. The molecule has 15 rings (SSSR count). The number of hydrogen-bond acceptors (Lipinski definition) is 1. The second-order valence-corrected chi connectivity index (χ2v) is 18.7. The van der Waals surface area contributed by atoms with E-state index < -0.39 is 0 Å². The van der Waals surface area contributed by atoms with Crippen molar-refractivity contribution in [3.8, 4) is 16.8 Å². The van der Waals surface area contributed by atoms with Gasteiger partial charge < -0.3 is 13.9 Å². The third-order valence-corrected chi connectivity index (χ3v) is 14.8. The van der Waals surface area contributed by atoms with Crippen LogP contribution in [0.1, 0.15) is 37.8 Å². The highest BCUT2D eigenvalue weighted by atomic mass is 15.2. The molecule has 0 spiro atoms. The third-order valence-electron chi connectivity index (χ3n) is 14.8. The molecule has 0 bridgehead atoms. The number of allylic oxidation sites excluding steroid dienone is 2. The summed E-state index contributed by atoms with van der Waals surface area (Å²) in [6.45, 7) is 6.99. The van der Waals surface area contributed by atoms with Gasteiger partial charge >= 0.3 is 6.85 Å². The van der Waals surface area contributed by atoms with Gasteiger partial charge in [0.1, 0.15) is 0 Å². The van der Waals surface area contributed by atoms with Crippen LogP contribution in [0.3, 0.4) is 0 Å². The summed E-state index contributed by atoms with van der Waals surface area (Å²) in [6, 6.07) is 54.1. The van der Waals surface area contributed by atoms with Crippen molar-refractivity contribution < 1.29 is 0 Å². The summed E-state index contributed by atoms with van der Waals surface area (Å²) in [5, 5.41) is 13.3. The van der Waals surface area contributed by atoms with Crippen molar-refractivity contribution in [3.63, 3.8) is 0 Å². The molecule has 280 valence electrons. The maximum Gasteiger partial charge on any atom is 0.333 e. The first kappa shape index (κ1) is 31.9. The Labute approximate surface area is 347 Å². The Hall–Kier alpha value is -7.04. The Balaban J connectivity index is 1.20. The van der Waals surface area contributed by atoms with Crippen LogP contribution in [0, 0.1) is 0 Å². The number of anilines is 2. The topological polar surface area (TPSA) is 13.1 Å². The molecular formula is C56H38BN3. The molecule has 1 aliphatic carbocycles. The zero-order valence-electron chi connectivity index (χ0n) is 33.7. The number of fused-ring (bicyclic) bond motifs is 16. The van der Waals surface area contributed by atoms with Crippen molar-refractivity contribution in [2.45, 2.75) is 38.1 Å². The molecule has 2 aromatic heterocycles. The second-order valence-electron chi connectivity index (χ2n) is 18.7. The van der Waals surface area contributed by atoms with Crippen LogP contribution in [-0.4, -0.2) is 21.9 Å². The molecule has 3 nitrogen and oxygen atoms in total. The van der Waals surface area contributed by atoms with E-state index in [0.717, 1.165) is 0 Å². The zero-order chi connectivity index (χ0) is 39.3. The summed E-state index contributed by atoms with van der Waals surface area (Å²) in [6.07, 6.45) is 9.31. The summed E-state index contributed by atoms with van der Waals surface area (Å²) in [4.78, 5) is 2.64. The number of para-hydroxylation sites is 4. The maximum atomic E-state index is 2.75. The first-order chi connectivity index (χ1) is 29.5. The SMILES string of the molecule is CC(C)(C)c1cc2ccc3c4c5c(c6ccc(c1)c2c36)-n1c2c(cccc2c2ccc3c(c21)N(c1ccccc1)C1C=CC=CC31)B5n1c2ccccc2c2cccc-4c21. The molecule has 3 aliphatic heterocycles. The molecule has 2 unspecified atom stereocenters. The molecule has 2 atom stereocenters. The van der Waals surface area contributed by atoms with E-state index >= 15 is 0 Å². The molecule has 5 heterocycles. The van der Waals surface area contributed by atoms with Gasteiger partial charge in [-0.1, -0.05) is 166 Å². The lowest BCUT2D eigenvalue weighted by Gasteiger charge is -2.36. The van der Waals surface area contributed by atoms with Gasteiger partial charge in [-0.15, -0.1) is 0 Å². The Bertz CT molecular complexity index is 3820. The van der Waals surface area contributed by atoms with Crippen molar-refractivity contribution in [3.05, 3.63) is 175 Å². The minimum absolute atomic E-state index is 0.00561. The number of hydrogen-bond donors (Lipinski definition) is 0. The van der Waals surface area contributed by atoms with Gasteiger partial charge in [0.25, 0.3) is 0 Å². The summed E-state index contributed by atoms with van der Waals surface area (Å²) < 4.78 is 5.46. The lowest BCUT2D eigenvalue weighted by atomic mass is 9.45. The molecule has 0 saturated carbocycles. The number of rotatable bonds is 1. The zero-order valence-corrected chi connectivity index (χ0v) is 33.7. The fourth-order valence-electron chi connectivity index (χ4n) is 12.5. The molecule has 0 fully saturated rings. The van der Waals surface area contributed by atoms with E-state index in [2.05, 4.69) is 199 Å². The van der Waals surface area contributed by atoms with Gasteiger partial charge in [-0.3, -0.25) is 0 Å². The van der Waals surface area contributed by atoms with Gasteiger partial charge in [0.05, 0.1) is 28.5 Å². The highest BCUT2D eigenvalue weighted by Crippen LogP contribution is 2.55. The van der Waals surface area contributed by atoms with E-state index in [0.29, 0.717) is 0 Å². The van der Waals surface area contributed by atoms with E-state index in [1.54, 1.807) is 0 Å². The molecule has 0 amide bonds. The highest BCUT2D eigenvalue weighted by molar-refractivity contribution is 6.90. The van der Waals surface area contributed by atoms with E-state index in [-0.39, 0.29) is 24.2 Å². The molecule has 0 saturated heterocycles. The van der Waals surface area contributed by atoms with Crippen molar-refractivity contribution in [2.24, 2.45) is 0 Å². The van der Waals surface area contributed by atoms with E-state index in [4.69, 9.17) is 0 Å². The maximum absolute atomic E-state index is 2.75. The van der Waals surface area contributed by atoms with Crippen molar-refractivity contribution in [1.82, 2.24) is 9.05 Å². The largest absolute Gasteiger partial charge is 0.375 e. The molecule has 0 N–H and O–H groups in total. The van der Waals surface area contributed by atoms with Crippen LogP contribution in [0.15, 0.2) is 164 Å².